The Kier molecular flexibility index (Phi) is 3.69. The lowest BCUT2D eigenvalue weighted by molar-refractivity contribution is 1.26. The molecule has 0 aliphatic carbocycles. The van der Waals surface area contributed by atoms with Crippen LogP contribution in [0.15, 0.2) is 39.4 Å². The Balaban J connectivity index is 2.31. The number of anilines is 3. The van der Waals surface area contributed by atoms with E-state index in [1.807, 2.05) is 31.2 Å². The molecule has 0 unspecified atom stereocenters. The van der Waals surface area contributed by atoms with Gasteiger partial charge >= 0.3 is 0 Å². The second-order valence-corrected chi connectivity index (χ2v) is 5.45. The van der Waals surface area contributed by atoms with E-state index < -0.39 is 0 Å². The van der Waals surface area contributed by atoms with Gasteiger partial charge in [0, 0.05) is 26.9 Å². The number of nitrogens with zero attached hydrogens (tertiary/aromatic N) is 1. The molecule has 3 nitrogen and oxygen atoms in total. The highest BCUT2D eigenvalue weighted by atomic mass is 79.9. The van der Waals surface area contributed by atoms with Crippen molar-refractivity contribution in [2.45, 2.75) is 6.92 Å². The molecular formula is C12H11Br2N3. The van der Waals surface area contributed by atoms with Crippen molar-refractivity contribution < 1.29 is 0 Å². The highest BCUT2D eigenvalue weighted by Crippen LogP contribution is 2.29. The van der Waals surface area contributed by atoms with Crippen LogP contribution in [0, 0.1) is 6.92 Å². The van der Waals surface area contributed by atoms with E-state index in [0.717, 1.165) is 31.7 Å². The minimum atomic E-state index is 0.729. The summed E-state index contributed by atoms with van der Waals surface area (Å²) in [6.45, 7) is 1.93. The molecule has 2 rings (SSSR count). The maximum absolute atomic E-state index is 5.84. The van der Waals surface area contributed by atoms with Crippen molar-refractivity contribution in [3.8, 4) is 0 Å². The number of nitrogen functional groups attached to an aromatic ring is 1. The molecule has 0 amide bonds. The molecule has 1 aromatic carbocycles. The van der Waals surface area contributed by atoms with Crippen molar-refractivity contribution in [2.75, 3.05) is 11.1 Å². The van der Waals surface area contributed by atoms with E-state index in [9.17, 15) is 0 Å². The minimum Gasteiger partial charge on any atom is -0.398 e. The third kappa shape index (κ3) is 2.98. The predicted molar refractivity (Wildman–Crippen MR) is 78.5 cm³/mol. The van der Waals surface area contributed by atoms with E-state index >= 15 is 0 Å². The average Bonchev–Trinajstić information content (AvgIpc) is 2.29. The van der Waals surface area contributed by atoms with Gasteiger partial charge in [0.2, 0.25) is 0 Å². The molecule has 0 aliphatic heterocycles. The number of benzene rings is 1. The number of nitrogens with one attached hydrogen (secondary N) is 1. The van der Waals surface area contributed by atoms with Crippen LogP contribution in [-0.2, 0) is 0 Å². The summed E-state index contributed by atoms with van der Waals surface area (Å²) >= 11 is 6.91. The van der Waals surface area contributed by atoms with Crippen molar-refractivity contribution in [1.29, 1.82) is 0 Å². The van der Waals surface area contributed by atoms with Gasteiger partial charge in [-0.1, -0.05) is 15.9 Å². The number of aryl methyl sites for hydroxylation is 1. The van der Waals surface area contributed by atoms with E-state index in [1.54, 1.807) is 6.20 Å². The standard InChI is InChI=1S/C12H11Br2N3/c1-7-6-16-12(5-10(7)15)17-11-4-8(13)2-3-9(11)14/h2-6H,1H3,(H3,15,16,17). The van der Waals surface area contributed by atoms with Gasteiger partial charge in [0.25, 0.3) is 0 Å². The second kappa shape index (κ2) is 5.06. The highest BCUT2D eigenvalue weighted by molar-refractivity contribution is 9.11. The van der Waals surface area contributed by atoms with Gasteiger partial charge in [-0.25, -0.2) is 4.98 Å². The Morgan fingerprint density at radius 1 is 1.24 bits per heavy atom. The zero-order valence-corrected chi connectivity index (χ0v) is 12.3. The molecule has 0 atom stereocenters. The Morgan fingerprint density at radius 3 is 2.71 bits per heavy atom. The van der Waals surface area contributed by atoms with E-state index in [4.69, 9.17) is 5.73 Å². The SMILES string of the molecule is Cc1cnc(Nc2cc(Br)ccc2Br)cc1N. The summed E-state index contributed by atoms with van der Waals surface area (Å²) in [5.74, 6) is 0.729. The molecule has 17 heavy (non-hydrogen) atoms. The van der Waals surface area contributed by atoms with Crippen molar-refractivity contribution in [3.05, 3.63) is 45.0 Å². The lowest BCUT2D eigenvalue weighted by Gasteiger charge is -2.09. The van der Waals surface area contributed by atoms with Crippen molar-refractivity contribution >= 4 is 49.1 Å². The predicted octanol–water partition coefficient (Wildman–Crippen LogP) is 4.24. The first-order valence-electron chi connectivity index (χ1n) is 5.00. The Labute approximate surface area is 117 Å². The molecule has 0 fully saturated rings. The van der Waals surface area contributed by atoms with E-state index in [-0.39, 0.29) is 0 Å². The van der Waals surface area contributed by atoms with Crippen LogP contribution in [0.1, 0.15) is 5.56 Å². The second-order valence-electron chi connectivity index (χ2n) is 3.68. The van der Waals surface area contributed by atoms with Crippen molar-refractivity contribution in [3.63, 3.8) is 0 Å². The van der Waals surface area contributed by atoms with Crippen LogP contribution >= 0.6 is 31.9 Å². The molecule has 88 valence electrons. The fourth-order valence-electron chi connectivity index (χ4n) is 1.34. The summed E-state index contributed by atoms with van der Waals surface area (Å²) in [5.41, 5.74) is 8.49. The van der Waals surface area contributed by atoms with E-state index in [2.05, 4.69) is 42.2 Å². The number of halogens is 2. The largest absolute Gasteiger partial charge is 0.398 e. The summed E-state index contributed by atoms with van der Waals surface area (Å²) in [5, 5.41) is 3.21. The zero-order chi connectivity index (χ0) is 12.4. The molecule has 0 radical (unpaired) electrons. The summed E-state index contributed by atoms with van der Waals surface area (Å²) in [6, 6.07) is 7.72. The Hall–Kier alpha value is -1.07. The normalized spacial score (nSPS) is 10.3. The smallest absolute Gasteiger partial charge is 0.132 e. The van der Waals surface area contributed by atoms with Crippen molar-refractivity contribution in [2.24, 2.45) is 0 Å². The molecule has 5 heteroatoms. The molecular weight excluding hydrogens is 346 g/mol. The van der Waals surface area contributed by atoms with Gasteiger partial charge in [0.05, 0.1) is 5.69 Å². The van der Waals surface area contributed by atoms with E-state index in [0.29, 0.717) is 0 Å². The first kappa shape index (κ1) is 12.4. The molecule has 0 aliphatic rings. The molecule has 0 spiro atoms. The molecule has 0 bridgehead atoms. The van der Waals surface area contributed by atoms with Crippen LogP contribution in [0.25, 0.3) is 0 Å². The number of rotatable bonds is 2. The zero-order valence-electron chi connectivity index (χ0n) is 9.17. The molecule has 1 heterocycles. The van der Waals surface area contributed by atoms with E-state index in [1.165, 1.54) is 0 Å². The third-order valence-electron chi connectivity index (χ3n) is 2.34. The number of nitrogens with two attached hydrogens (primary N) is 1. The quantitative estimate of drug-likeness (QED) is 0.846. The Bertz CT molecular complexity index is 555. The first-order valence-corrected chi connectivity index (χ1v) is 6.59. The van der Waals surface area contributed by atoms with Gasteiger partial charge in [-0.15, -0.1) is 0 Å². The minimum absolute atomic E-state index is 0.729. The number of hydrogen-bond donors (Lipinski definition) is 2. The topological polar surface area (TPSA) is 50.9 Å². The maximum Gasteiger partial charge on any atom is 0.132 e. The van der Waals surface area contributed by atoms with Crippen LogP contribution in [0.3, 0.4) is 0 Å². The van der Waals surface area contributed by atoms with Gasteiger partial charge in [-0.2, -0.15) is 0 Å². The van der Waals surface area contributed by atoms with Gasteiger partial charge in [0.15, 0.2) is 0 Å². The van der Waals surface area contributed by atoms with Crippen LogP contribution < -0.4 is 11.1 Å². The molecule has 3 N–H and O–H groups in total. The maximum atomic E-state index is 5.84. The van der Waals surface area contributed by atoms with Crippen LogP contribution in [0.5, 0.6) is 0 Å². The van der Waals surface area contributed by atoms with Gasteiger partial charge in [-0.3, -0.25) is 0 Å². The number of hydrogen-bond acceptors (Lipinski definition) is 3. The highest BCUT2D eigenvalue weighted by Gasteiger charge is 2.03. The van der Waals surface area contributed by atoms with Gasteiger partial charge < -0.3 is 11.1 Å². The van der Waals surface area contributed by atoms with Gasteiger partial charge in [0.1, 0.15) is 5.82 Å². The summed E-state index contributed by atoms with van der Waals surface area (Å²) in [6.07, 6.45) is 1.75. The monoisotopic (exact) mass is 355 g/mol. The average molecular weight is 357 g/mol. The van der Waals surface area contributed by atoms with Crippen molar-refractivity contribution in [1.82, 2.24) is 4.98 Å². The molecule has 0 saturated heterocycles. The number of pyridine rings is 1. The summed E-state index contributed by atoms with van der Waals surface area (Å²) < 4.78 is 1.98. The van der Waals surface area contributed by atoms with Gasteiger partial charge in [-0.05, 0) is 46.6 Å². The first-order chi connectivity index (χ1) is 8.06. The molecule has 1 aromatic heterocycles. The Morgan fingerprint density at radius 2 is 2.00 bits per heavy atom. The van der Waals surface area contributed by atoms with Crippen LogP contribution in [-0.4, -0.2) is 4.98 Å². The lowest BCUT2D eigenvalue weighted by Crippen LogP contribution is -1.98. The van der Waals surface area contributed by atoms with Crippen LogP contribution in [0.4, 0.5) is 17.2 Å². The summed E-state index contributed by atoms with van der Waals surface area (Å²) in [4.78, 5) is 4.28. The number of aromatic nitrogens is 1. The molecule has 0 saturated carbocycles. The summed E-state index contributed by atoms with van der Waals surface area (Å²) in [7, 11) is 0. The fraction of sp³-hybridized carbons (Fsp3) is 0.0833. The lowest BCUT2D eigenvalue weighted by atomic mass is 10.2. The third-order valence-corrected chi connectivity index (χ3v) is 3.52. The molecule has 2 aromatic rings. The van der Waals surface area contributed by atoms with Crippen LogP contribution in [0.2, 0.25) is 0 Å². The fourth-order valence-corrected chi connectivity index (χ4v) is 2.05.